The fraction of sp³-hybridized carbons (Fsp3) is 0.316. The summed E-state index contributed by atoms with van der Waals surface area (Å²) in [7, 11) is 3.91. The van der Waals surface area contributed by atoms with Crippen LogP contribution in [0, 0.1) is 0 Å². The Morgan fingerprint density at radius 1 is 1.24 bits per heavy atom. The van der Waals surface area contributed by atoms with Crippen molar-refractivity contribution in [3.05, 3.63) is 53.6 Å². The van der Waals surface area contributed by atoms with Gasteiger partial charge in [-0.05, 0) is 30.3 Å². The van der Waals surface area contributed by atoms with Gasteiger partial charge in [0.25, 0.3) is 0 Å². The van der Waals surface area contributed by atoms with Crippen molar-refractivity contribution in [2.75, 3.05) is 37.4 Å². The Bertz CT molecular complexity index is 751. The number of rotatable bonds is 4. The lowest BCUT2D eigenvalue weighted by Gasteiger charge is -2.21. The minimum absolute atomic E-state index is 0.0201. The SMILES string of the molecule is CN(C)c1ccccc1NC(=O)N1CC[C@H](Oc2cccc(Cl)c2)C1. The summed E-state index contributed by atoms with van der Waals surface area (Å²) in [6, 6.07) is 15.0. The molecule has 1 atom stereocenters. The zero-order chi connectivity index (χ0) is 17.8. The maximum Gasteiger partial charge on any atom is 0.322 e. The number of carbonyl (C=O) groups excluding carboxylic acids is 1. The van der Waals surface area contributed by atoms with Gasteiger partial charge in [-0.25, -0.2) is 4.79 Å². The van der Waals surface area contributed by atoms with Crippen molar-refractivity contribution in [3.63, 3.8) is 0 Å². The van der Waals surface area contributed by atoms with E-state index in [4.69, 9.17) is 16.3 Å². The number of hydrogen-bond donors (Lipinski definition) is 1. The molecule has 2 amide bonds. The Hall–Kier alpha value is -2.40. The van der Waals surface area contributed by atoms with Crippen molar-refractivity contribution >= 4 is 29.0 Å². The van der Waals surface area contributed by atoms with Gasteiger partial charge in [0.1, 0.15) is 11.9 Å². The van der Waals surface area contributed by atoms with Crippen LogP contribution in [0.25, 0.3) is 0 Å². The molecule has 0 saturated carbocycles. The van der Waals surface area contributed by atoms with E-state index in [-0.39, 0.29) is 12.1 Å². The van der Waals surface area contributed by atoms with Gasteiger partial charge in [-0.2, -0.15) is 0 Å². The molecule has 1 aliphatic heterocycles. The van der Waals surface area contributed by atoms with Crippen LogP contribution in [-0.4, -0.2) is 44.2 Å². The van der Waals surface area contributed by atoms with E-state index in [2.05, 4.69) is 5.32 Å². The highest BCUT2D eigenvalue weighted by Gasteiger charge is 2.28. The maximum absolute atomic E-state index is 12.6. The monoisotopic (exact) mass is 359 g/mol. The molecule has 0 bridgehead atoms. The average molecular weight is 360 g/mol. The maximum atomic E-state index is 12.6. The van der Waals surface area contributed by atoms with Crippen molar-refractivity contribution in [2.24, 2.45) is 0 Å². The number of halogens is 1. The largest absolute Gasteiger partial charge is 0.488 e. The molecule has 1 N–H and O–H groups in total. The molecule has 0 aliphatic carbocycles. The summed E-state index contributed by atoms with van der Waals surface area (Å²) in [5.41, 5.74) is 1.78. The van der Waals surface area contributed by atoms with Crippen LogP contribution < -0.4 is 15.0 Å². The van der Waals surface area contributed by atoms with Gasteiger partial charge in [0, 0.05) is 32.1 Å². The summed E-state index contributed by atoms with van der Waals surface area (Å²) in [5, 5.41) is 3.64. The number of ether oxygens (including phenoxy) is 1. The fourth-order valence-electron chi connectivity index (χ4n) is 2.91. The number of anilines is 2. The van der Waals surface area contributed by atoms with Gasteiger partial charge in [0.15, 0.2) is 0 Å². The second-order valence-electron chi connectivity index (χ2n) is 6.27. The highest BCUT2D eigenvalue weighted by molar-refractivity contribution is 6.30. The summed E-state index contributed by atoms with van der Waals surface area (Å²) in [5.74, 6) is 0.734. The van der Waals surface area contributed by atoms with Crippen LogP contribution in [0.1, 0.15) is 6.42 Å². The molecule has 2 aromatic carbocycles. The summed E-state index contributed by atoms with van der Waals surface area (Å²) in [6.07, 6.45) is 0.781. The molecule has 0 radical (unpaired) electrons. The first-order valence-electron chi connectivity index (χ1n) is 8.27. The van der Waals surface area contributed by atoms with Crippen LogP contribution in [0.3, 0.4) is 0 Å². The number of urea groups is 1. The standard InChI is InChI=1S/C19H22ClN3O2/c1-22(2)18-9-4-3-8-17(18)21-19(24)23-11-10-16(13-23)25-15-7-5-6-14(20)12-15/h3-9,12,16H,10-11,13H2,1-2H3,(H,21,24)/t16-/m0/s1. The van der Waals surface area contributed by atoms with Crippen molar-refractivity contribution in [1.29, 1.82) is 0 Å². The molecule has 2 aromatic rings. The highest BCUT2D eigenvalue weighted by Crippen LogP contribution is 2.25. The second-order valence-corrected chi connectivity index (χ2v) is 6.71. The van der Waals surface area contributed by atoms with Gasteiger partial charge < -0.3 is 19.9 Å². The fourth-order valence-corrected chi connectivity index (χ4v) is 3.09. The molecular formula is C19H22ClN3O2. The van der Waals surface area contributed by atoms with E-state index in [1.54, 1.807) is 11.0 Å². The van der Waals surface area contributed by atoms with Crippen LogP contribution in [0.4, 0.5) is 16.2 Å². The van der Waals surface area contributed by atoms with E-state index in [9.17, 15) is 4.79 Å². The number of likely N-dealkylation sites (tertiary alicyclic amines) is 1. The number of amides is 2. The Morgan fingerprint density at radius 2 is 2.04 bits per heavy atom. The van der Waals surface area contributed by atoms with Crippen molar-refractivity contribution in [3.8, 4) is 5.75 Å². The second kappa shape index (κ2) is 7.66. The topological polar surface area (TPSA) is 44.8 Å². The van der Waals surface area contributed by atoms with Gasteiger partial charge in [-0.3, -0.25) is 0 Å². The predicted octanol–water partition coefficient (Wildman–Crippen LogP) is 4.09. The van der Waals surface area contributed by atoms with Crippen LogP contribution in [-0.2, 0) is 0 Å². The normalized spacial score (nSPS) is 16.6. The number of carbonyl (C=O) groups is 1. The third kappa shape index (κ3) is 4.37. The lowest BCUT2D eigenvalue weighted by Crippen LogP contribution is -2.34. The van der Waals surface area contributed by atoms with Crippen molar-refractivity contribution < 1.29 is 9.53 Å². The Kier molecular flexibility index (Phi) is 5.34. The summed E-state index contributed by atoms with van der Waals surface area (Å²) in [6.45, 7) is 1.23. The van der Waals surface area contributed by atoms with Gasteiger partial charge in [0.2, 0.25) is 0 Å². The molecule has 1 fully saturated rings. The number of nitrogens with one attached hydrogen (secondary N) is 1. The van der Waals surface area contributed by atoms with Gasteiger partial charge >= 0.3 is 6.03 Å². The quantitative estimate of drug-likeness (QED) is 0.894. The van der Waals surface area contributed by atoms with E-state index < -0.39 is 0 Å². The van der Waals surface area contributed by atoms with Crippen molar-refractivity contribution in [1.82, 2.24) is 4.90 Å². The van der Waals surface area contributed by atoms with Crippen LogP contribution >= 0.6 is 11.6 Å². The molecule has 6 heteroatoms. The number of benzene rings is 2. The minimum Gasteiger partial charge on any atom is -0.488 e. The van der Waals surface area contributed by atoms with Gasteiger partial charge in [0.05, 0.1) is 17.9 Å². The predicted molar refractivity (Wildman–Crippen MR) is 102 cm³/mol. The highest BCUT2D eigenvalue weighted by atomic mass is 35.5. The number of nitrogens with zero attached hydrogens (tertiary/aromatic N) is 2. The zero-order valence-corrected chi connectivity index (χ0v) is 15.2. The molecule has 1 saturated heterocycles. The van der Waals surface area contributed by atoms with Crippen molar-refractivity contribution in [2.45, 2.75) is 12.5 Å². The van der Waals surface area contributed by atoms with E-state index in [1.165, 1.54) is 0 Å². The van der Waals surface area contributed by atoms with E-state index in [0.29, 0.717) is 18.1 Å². The first kappa shape index (κ1) is 17.4. The molecule has 1 aliphatic rings. The van der Waals surface area contributed by atoms with E-state index >= 15 is 0 Å². The zero-order valence-electron chi connectivity index (χ0n) is 14.4. The third-order valence-electron chi connectivity index (χ3n) is 4.16. The Balaban J connectivity index is 1.59. The molecular weight excluding hydrogens is 338 g/mol. The Labute approximate surface area is 153 Å². The summed E-state index contributed by atoms with van der Waals surface area (Å²) in [4.78, 5) is 16.3. The Morgan fingerprint density at radius 3 is 2.80 bits per heavy atom. The molecule has 132 valence electrons. The third-order valence-corrected chi connectivity index (χ3v) is 4.39. The van der Waals surface area contributed by atoms with Crippen LogP contribution in [0.2, 0.25) is 5.02 Å². The number of hydrogen-bond acceptors (Lipinski definition) is 3. The minimum atomic E-state index is -0.105. The molecule has 3 rings (SSSR count). The molecule has 5 nitrogen and oxygen atoms in total. The molecule has 0 aromatic heterocycles. The van der Waals surface area contributed by atoms with Gasteiger partial charge in [-0.1, -0.05) is 29.8 Å². The summed E-state index contributed by atoms with van der Waals surface area (Å²) >= 11 is 5.98. The van der Waals surface area contributed by atoms with E-state index in [1.807, 2.05) is 61.5 Å². The lowest BCUT2D eigenvalue weighted by molar-refractivity contribution is 0.195. The first-order valence-corrected chi connectivity index (χ1v) is 8.65. The molecule has 25 heavy (non-hydrogen) atoms. The van der Waals surface area contributed by atoms with Gasteiger partial charge in [-0.15, -0.1) is 0 Å². The average Bonchev–Trinajstić information content (AvgIpc) is 3.04. The number of para-hydroxylation sites is 2. The van der Waals surface area contributed by atoms with E-state index in [0.717, 1.165) is 23.5 Å². The smallest absolute Gasteiger partial charge is 0.322 e. The van der Waals surface area contributed by atoms with Crippen LogP contribution in [0.5, 0.6) is 5.75 Å². The lowest BCUT2D eigenvalue weighted by atomic mass is 10.2. The summed E-state index contributed by atoms with van der Waals surface area (Å²) < 4.78 is 5.93. The molecule has 1 heterocycles. The van der Waals surface area contributed by atoms with Crippen LogP contribution in [0.15, 0.2) is 48.5 Å². The first-order chi connectivity index (χ1) is 12.0. The molecule has 0 spiro atoms. The molecule has 0 unspecified atom stereocenters.